The Labute approximate surface area is 187 Å². The predicted molar refractivity (Wildman–Crippen MR) is 129 cm³/mol. The summed E-state index contributed by atoms with van der Waals surface area (Å²) < 4.78 is 0. The standard InChI is InChI=1S/C29H35NO/c1-28(2,3)27-16-10-11-23(21-27)22-30-19-17-26(18-20-30)29(31,24-12-6-4-7-13-24)25-14-8-5-9-15-25/h4-16,21,26,31H,17-20,22H2,1-3H3. The molecule has 0 radical (unpaired) electrons. The first-order chi connectivity index (χ1) is 14.9. The lowest BCUT2D eigenvalue weighted by atomic mass is 9.72. The summed E-state index contributed by atoms with van der Waals surface area (Å²) in [6, 6.07) is 29.4. The highest BCUT2D eigenvalue weighted by Gasteiger charge is 2.41. The molecule has 0 aromatic heterocycles. The van der Waals surface area contributed by atoms with Crippen molar-refractivity contribution < 1.29 is 5.11 Å². The van der Waals surface area contributed by atoms with Crippen molar-refractivity contribution in [2.75, 3.05) is 13.1 Å². The second-order valence-corrected chi connectivity index (χ2v) is 10.00. The molecule has 0 amide bonds. The SMILES string of the molecule is CC(C)(C)c1cccc(CN2CCC(C(O)(c3ccccc3)c3ccccc3)CC2)c1. The third-order valence-electron chi connectivity index (χ3n) is 6.81. The van der Waals surface area contributed by atoms with E-state index in [0.717, 1.165) is 43.6 Å². The molecule has 0 unspecified atom stereocenters. The van der Waals surface area contributed by atoms with Crippen molar-refractivity contribution in [2.24, 2.45) is 5.92 Å². The zero-order valence-corrected chi connectivity index (χ0v) is 19.1. The van der Waals surface area contributed by atoms with Gasteiger partial charge in [-0.1, -0.05) is 106 Å². The van der Waals surface area contributed by atoms with Crippen LogP contribution < -0.4 is 0 Å². The van der Waals surface area contributed by atoms with E-state index in [4.69, 9.17) is 0 Å². The van der Waals surface area contributed by atoms with Gasteiger partial charge in [-0.05, 0) is 59.5 Å². The van der Waals surface area contributed by atoms with Crippen LogP contribution in [0, 0.1) is 5.92 Å². The highest BCUT2D eigenvalue weighted by Crippen LogP contribution is 2.42. The molecule has 0 atom stereocenters. The van der Waals surface area contributed by atoms with Gasteiger partial charge in [0.2, 0.25) is 0 Å². The van der Waals surface area contributed by atoms with E-state index in [0.29, 0.717) is 0 Å². The van der Waals surface area contributed by atoms with Crippen LogP contribution in [-0.4, -0.2) is 23.1 Å². The fraction of sp³-hybridized carbons (Fsp3) is 0.379. The van der Waals surface area contributed by atoms with Crippen LogP contribution in [0.2, 0.25) is 0 Å². The Morgan fingerprint density at radius 2 is 1.26 bits per heavy atom. The minimum atomic E-state index is -0.944. The Kier molecular flexibility index (Phi) is 6.31. The molecule has 2 heteroatoms. The molecule has 0 aliphatic carbocycles. The van der Waals surface area contributed by atoms with Crippen molar-refractivity contribution in [1.29, 1.82) is 0 Å². The smallest absolute Gasteiger partial charge is 0.117 e. The number of benzene rings is 3. The van der Waals surface area contributed by atoms with Crippen LogP contribution in [-0.2, 0) is 17.6 Å². The number of hydrogen-bond donors (Lipinski definition) is 1. The molecule has 4 rings (SSSR count). The number of nitrogens with zero attached hydrogens (tertiary/aromatic N) is 1. The lowest BCUT2D eigenvalue weighted by Gasteiger charge is -2.42. The highest BCUT2D eigenvalue weighted by molar-refractivity contribution is 5.37. The van der Waals surface area contributed by atoms with Gasteiger partial charge >= 0.3 is 0 Å². The first kappa shape index (κ1) is 21.8. The van der Waals surface area contributed by atoms with Gasteiger partial charge in [0, 0.05) is 6.54 Å². The Hall–Kier alpha value is -2.42. The van der Waals surface area contributed by atoms with Crippen LogP contribution in [0.25, 0.3) is 0 Å². The summed E-state index contributed by atoms with van der Waals surface area (Å²) in [6.45, 7) is 9.80. The number of piperidine rings is 1. The fourth-order valence-electron chi connectivity index (χ4n) is 4.93. The minimum Gasteiger partial charge on any atom is -0.380 e. The van der Waals surface area contributed by atoms with Gasteiger partial charge in [-0.25, -0.2) is 0 Å². The van der Waals surface area contributed by atoms with Crippen molar-refractivity contribution in [3.05, 3.63) is 107 Å². The number of hydrogen-bond acceptors (Lipinski definition) is 2. The largest absolute Gasteiger partial charge is 0.380 e. The topological polar surface area (TPSA) is 23.5 Å². The van der Waals surface area contributed by atoms with Crippen molar-refractivity contribution >= 4 is 0 Å². The Balaban J connectivity index is 1.50. The van der Waals surface area contributed by atoms with Gasteiger partial charge in [0.15, 0.2) is 0 Å². The Bertz CT molecular complexity index is 927. The molecule has 31 heavy (non-hydrogen) atoms. The molecule has 0 bridgehead atoms. The second-order valence-electron chi connectivity index (χ2n) is 10.00. The van der Waals surface area contributed by atoms with Crippen LogP contribution in [0.4, 0.5) is 0 Å². The third-order valence-corrected chi connectivity index (χ3v) is 6.81. The van der Waals surface area contributed by atoms with Crippen molar-refractivity contribution in [2.45, 2.75) is 51.2 Å². The zero-order chi connectivity index (χ0) is 21.9. The van der Waals surface area contributed by atoms with E-state index in [1.165, 1.54) is 11.1 Å². The molecule has 3 aromatic rings. The predicted octanol–water partition coefficient (Wildman–Crippen LogP) is 6.13. The Morgan fingerprint density at radius 1 is 0.742 bits per heavy atom. The monoisotopic (exact) mass is 413 g/mol. The van der Waals surface area contributed by atoms with Gasteiger partial charge in [-0.3, -0.25) is 4.90 Å². The molecule has 1 heterocycles. The summed E-state index contributed by atoms with van der Waals surface area (Å²) in [5.41, 5.74) is 4.00. The van der Waals surface area contributed by atoms with Crippen LogP contribution in [0.15, 0.2) is 84.9 Å². The summed E-state index contributed by atoms with van der Waals surface area (Å²) in [4.78, 5) is 2.54. The average molecular weight is 414 g/mol. The zero-order valence-electron chi connectivity index (χ0n) is 19.1. The lowest BCUT2D eigenvalue weighted by Crippen LogP contribution is -2.44. The van der Waals surface area contributed by atoms with Crippen LogP contribution >= 0.6 is 0 Å². The van der Waals surface area contributed by atoms with E-state index in [2.05, 4.69) is 74.2 Å². The molecule has 1 N–H and O–H groups in total. The molecule has 1 fully saturated rings. The summed E-state index contributed by atoms with van der Waals surface area (Å²) >= 11 is 0. The van der Waals surface area contributed by atoms with Crippen molar-refractivity contribution in [3.63, 3.8) is 0 Å². The van der Waals surface area contributed by atoms with Crippen molar-refractivity contribution in [3.8, 4) is 0 Å². The van der Waals surface area contributed by atoms with Crippen LogP contribution in [0.3, 0.4) is 0 Å². The normalized spacial score (nSPS) is 16.4. The highest BCUT2D eigenvalue weighted by atomic mass is 16.3. The molecule has 0 spiro atoms. The van der Waals surface area contributed by atoms with Crippen LogP contribution in [0.5, 0.6) is 0 Å². The molecule has 1 aliphatic rings. The third kappa shape index (κ3) is 4.76. The van der Waals surface area contributed by atoms with Crippen LogP contribution in [0.1, 0.15) is 55.9 Å². The van der Waals surface area contributed by atoms with Crippen molar-refractivity contribution in [1.82, 2.24) is 4.90 Å². The summed E-state index contributed by atoms with van der Waals surface area (Å²) in [5.74, 6) is 0.203. The van der Waals surface area contributed by atoms with E-state index >= 15 is 0 Å². The van der Waals surface area contributed by atoms with Gasteiger partial charge in [0.1, 0.15) is 5.60 Å². The number of aliphatic hydroxyl groups is 1. The molecule has 2 nitrogen and oxygen atoms in total. The summed E-state index contributed by atoms with van der Waals surface area (Å²) in [7, 11) is 0. The molecule has 162 valence electrons. The van der Waals surface area contributed by atoms with Gasteiger partial charge in [-0.2, -0.15) is 0 Å². The van der Waals surface area contributed by atoms with E-state index in [9.17, 15) is 5.11 Å². The van der Waals surface area contributed by atoms with Gasteiger partial charge in [0.05, 0.1) is 0 Å². The molecule has 3 aromatic carbocycles. The van der Waals surface area contributed by atoms with Gasteiger partial charge in [0.25, 0.3) is 0 Å². The quantitative estimate of drug-likeness (QED) is 0.544. The first-order valence-electron chi connectivity index (χ1n) is 11.5. The maximum atomic E-state index is 12.1. The van der Waals surface area contributed by atoms with Gasteiger partial charge in [-0.15, -0.1) is 0 Å². The molecule has 1 aliphatic heterocycles. The number of rotatable bonds is 5. The summed E-state index contributed by atoms with van der Waals surface area (Å²) in [5, 5.41) is 12.1. The average Bonchev–Trinajstić information content (AvgIpc) is 2.80. The van der Waals surface area contributed by atoms with Gasteiger partial charge < -0.3 is 5.11 Å². The molecule has 1 saturated heterocycles. The van der Waals surface area contributed by atoms with E-state index in [1.807, 2.05) is 36.4 Å². The molecular formula is C29H35NO. The molecule has 0 saturated carbocycles. The fourth-order valence-corrected chi connectivity index (χ4v) is 4.93. The maximum Gasteiger partial charge on any atom is 0.117 e. The maximum absolute atomic E-state index is 12.1. The number of likely N-dealkylation sites (tertiary alicyclic amines) is 1. The van der Waals surface area contributed by atoms with E-state index in [-0.39, 0.29) is 11.3 Å². The minimum absolute atomic E-state index is 0.171. The lowest BCUT2D eigenvalue weighted by molar-refractivity contribution is -0.0152. The van der Waals surface area contributed by atoms with E-state index in [1.54, 1.807) is 0 Å². The second kappa shape index (κ2) is 8.98. The van der Waals surface area contributed by atoms with E-state index < -0.39 is 5.60 Å². The Morgan fingerprint density at radius 3 is 1.77 bits per heavy atom. The summed E-state index contributed by atoms with van der Waals surface area (Å²) in [6.07, 6.45) is 1.97. The molecular weight excluding hydrogens is 378 g/mol. The first-order valence-corrected chi connectivity index (χ1v) is 11.5.